The van der Waals surface area contributed by atoms with Gasteiger partial charge in [-0.2, -0.15) is 0 Å². The molecule has 3 heterocycles. The van der Waals surface area contributed by atoms with Crippen molar-refractivity contribution in [3.8, 4) is 11.3 Å². The molecule has 1 aliphatic rings. The Bertz CT molecular complexity index is 1150. The molecular weight excluding hydrogens is 466 g/mol. The van der Waals surface area contributed by atoms with E-state index in [-0.39, 0.29) is 23.9 Å². The lowest BCUT2D eigenvalue weighted by Gasteiger charge is -2.26. The fraction of sp³-hybridized carbons (Fsp3) is 0.348. The summed E-state index contributed by atoms with van der Waals surface area (Å²) in [6, 6.07) is 4.61. The second-order valence-corrected chi connectivity index (χ2v) is 8.56. The summed E-state index contributed by atoms with van der Waals surface area (Å²) in [7, 11) is 0. The van der Waals surface area contributed by atoms with Crippen LogP contribution in [0.15, 0.2) is 36.7 Å². The van der Waals surface area contributed by atoms with E-state index in [4.69, 9.17) is 22.1 Å². The molecule has 0 radical (unpaired) electrons. The number of carbonyl (C=O) groups is 1. The van der Waals surface area contributed by atoms with E-state index < -0.39 is 30.0 Å². The van der Waals surface area contributed by atoms with Gasteiger partial charge in [-0.05, 0) is 48.7 Å². The van der Waals surface area contributed by atoms with E-state index in [1.165, 1.54) is 12.1 Å². The largest absolute Gasteiger partial charge is 0.378 e. The number of rotatable bonds is 7. The number of H-pyrrole nitrogens is 1. The van der Waals surface area contributed by atoms with Crippen LogP contribution in [0.3, 0.4) is 0 Å². The summed E-state index contributed by atoms with van der Waals surface area (Å²) in [5.41, 5.74) is 8.59. The van der Waals surface area contributed by atoms with Crippen LogP contribution in [0.1, 0.15) is 34.1 Å². The second kappa shape index (κ2) is 10.5. The highest BCUT2D eigenvalue weighted by molar-refractivity contribution is 6.30. The summed E-state index contributed by atoms with van der Waals surface area (Å²) in [6.07, 6.45) is 2.66. The highest BCUT2D eigenvalue weighted by Gasteiger charge is 2.26. The standard InChI is InChI=1S/C23H25ClF2N6O2/c1-12-9-29-23(31-18-2-3-34-11-17(18)26)32-21(12)14-6-19(28-10-14)22(33)30-20(8-27)13-4-15(24)7-16(25)5-13/h4-7,9-10,17-18,20,28H,2-3,8,11,27H2,1H3,(H,30,33)(H,29,31,32)/t17-,18+,20-/m1/s1. The number of nitrogens with two attached hydrogens (primary N) is 1. The molecule has 4 rings (SSSR count). The van der Waals surface area contributed by atoms with E-state index in [1.807, 2.05) is 6.92 Å². The summed E-state index contributed by atoms with van der Waals surface area (Å²) in [5.74, 6) is -0.635. The first kappa shape index (κ1) is 24.1. The van der Waals surface area contributed by atoms with Gasteiger partial charge in [-0.3, -0.25) is 4.79 Å². The Morgan fingerprint density at radius 1 is 1.38 bits per heavy atom. The molecule has 3 aromatic rings. The topological polar surface area (TPSA) is 118 Å². The number of anilines is 1. The zero-order valence-corrected chi connectivity index (χ0v) is 19.2. The van der Waals surface area contributed by atoms with E-state index in [2.05, 4.69) is 25.6 Å². The first-order chi connectivity index (χ1) is 16.3. The van der Waals surface area contributed by atoms with Crippen LogP contribution in [0.5, 0.6) is 0 Å². The third-order valence-corrected chi connectivity index (χ3v) is 5.82. The summed E-state index contributed by atoms with van der Waals surface area (Å²) < 4.78 is 33.0. The number of amides is 1. The predicted molar refractivity (Wildman–Crippen MR) is 125 cm³/mol. The van der Waals surface area contributed by atoms with Crippen molar-refractivity contribution in [1.29, 1.82) is 0 Å². The minimum Gasteiger partial charge on any atom is -0.378 e. The van der Waals surface area contributed by atoms with Gasteiger partial charge in [-0.15, -0.1) is 0 Å². The molecule has 0 bridgehead atoms. The van der Waals surface area contributed by atoms with Crippen molar-refractivity contribution in [1.82, 2.24) is 20.3 Å². The summed E-state index contributed by atoms with van der Waals surface area (Å²) >= 11 is 5.93. The Hall–Kier alpha value is -3.08. The number of aryl methyl sites for hydroxylation is 1. The molecule has 8 nitrogen and oxygen atoms in total. The fourth-order valence-electron chi connectivity index (χ4n) is 3.79. The molecule has 1 amide bonds. The first-order valence-electron chi connectivity index (χ1n) is 10.8. The molecule has 5 N–H and O–H groups in total. The number of benzene rings is 1. The Kier molecular flexibility index (Phi) is 7.40. The highest BCUT2D eigenvalue weighted by Crippen LogP contribution is 2.25. The van der Waals surface area contributed by atoms with Gasteiger partial charge in [0.2, 0.25) is 5.95 Å². The van der Waals surface area contributed by atoms with Gasteiger partial charge >= 0.3 is 0 Å². The third-order valence-electron chi connectivity index (χ3n) is 5.60. The third kappa shape index (κ3) is 5.52. The fourth-order valence-corrected chi connectivity index (χ4v) is 4.02. The second-order valence-electron chi connectivity index (χ2n) is 8.12. The summed E-state index contributed by atoms with van der Waals surface area (Å²) in [6.45, 7) is 2.41. The average Bonchev–Trinajstić information content (AvgIpc) is 3.29. The maximum absolute atomic E-state index is 14.1. The van der Waals surface area contributed by atoms with Crippen LogP contribution in [0.4, 0.5) is 14.7 Å². The number of nitrogens with zero attached hydrogens (tertiary/aromatic N) is 2. The van der Waals surface area contributed by atoms with Gasteiger partial charge in [0.05, 0.1) is 24.4 Å². The monoisotopic (exact) mass is 490 g/mol. The van der Waals surface area contributed by atoms with Crippen molar-refractivity contribution in [2.45, 2.75) is 31.6 Å². The summed E-state index contributed by atoms with van der Waals surface area (Å²) in [5, 5.41) is 6.04. The van der Waals surface area contributed by atoms with Gasteiger partial charge in [-0.1, -0.05) is 11.6 Å². The SMILES string of the molecule is Cc1cnc(N[C@H]2CCOC[C@H]2F)nc1-c1c[nH]c(C(=O)N[C@H](CN)c2cc(F)cc(Cl)c2)c1. The van der Waals surface area contributed by atoms with Gasteiger partial charge in [0.1, 0.15) is 17.7 Å². The van der Waals surface area contributed by atoms with Gasteiger partial charge in [0.15, 0.2) is 0 Å². The number of hydrogen-bond donors (Lipinski definition) is 4. The van der Waals surface area contributed by atoms with E-state index in [1.54, 1.807) is 24.5 Å². The van der Waals surface area contributed by atoms with Crippen LogP contribution in [0.2, 0.25) is 5.02 Å². The number of aromatic nitrogens is 3. The lowest BCUT2D eigenvalue weighted by molar-refractivity contribution is 0.0284. The van der Waals surface area contributed by atoms with Crippen molar-refractivity contribution in [3.63, 3.8) is 0 Å². The number of carbonyl (C=O) groups excluding carboxylic acids is 1. The van der Waals surface area contributed by atoms with Crippen LogP contribution < -0.4 is 16.4 Å². The molecule has 1 saturated heterocycles. The molecule has 2 aromatic heterocycles. The van der Waals surface area contributed by atoms with Crippen LogP contribution in [-0.2, 0) is 4.74 Å². The molecule has 0 spiro atoms. The minimum atomic E-state index is -1.15. The normalized spacial score (nSPS) is 19.0. The van der Waals surface area contributed by atoms with Crippen molar-refractivity contribution >= 4 is 23.5 Å². The molecule has 1 fully saturated rings. The van der Waals surface area contributed by atoms with E-state index in [0.717, 1.165) is 5.56 Å². The number of ether oxygens (including phenoxy) is 1. The zero-order chi connectivity index (χ0) is 24.2. The Morgan fingerprint density at radius 3 is 2.94 bits per heavy atom. The maximum Gasteiger partial charge on any atom is 0.268 e. The van der Waals surface area contributed by atoms with Gasteiger partial charge in [-0.25, -0.2) is 18.7 Å². The molecule has 3 atom stereocenters. The Morgan fingerprint density at radius 2 is 2.21 bits per heavy atom. The number of alkyl halides is 1. The first-order valence-corrected chi connectivity index (χ1v) is 11.2. The molecule has 1 aliphatic heterocycles. The van der Waals surface area contributed by atoms with Crippen LogP contribution >= 0.6 is 11.6 Å². The van der Waals surface area contributed by atoms with Crippen LogP contribution in [0, 0.1) is 12.7 Å². The molecule has 1 aromatic carbocycles. The Labute approximate surface area is 200 Å². The Balaban J connectivity index is 1.50. The summed E-state index contributed by atoms with van der Waals surface area (Å²) in [4.78, 5) is 24.6. The predicted octanol–water partition coefficient (Wildman–Crippen LogP) is 3.54. The number of aromatic amines is 1. The number of hydrogen-bond acceptors (Lipinski definition) is 6. The maximum atomic E-state index is 14.1. The lowest BCUT2D eigenvalue weighted by Crippen LogP contribution is -2.39. The average molecular weight is 491 g/mol. The number of halogens is 3. The minimum absolute atomic E-state index is 0.0400. The molecule has 34 heavy (non-hydrogen) atoms. The van der Waals surface area contributed by atoms with Gasteiger partial charge in [0, 0.05) is 36.1 Å². The zero-order valence-electron chi connectivity index (χ0n) is 18.4. The molecule has 11 heteroatoms. The molecule has 0 unspecified atom stereocenters. The van der Waals surface area contributed by atoms with E-state index in [0.29, 0.717) is 35.8 Å². The van der Waals surface area contributed by atoms with Gasteiger partial charge < -0.3 is 26.1 Å². The van der Waals surface area contributed by atoms with Gasteiger partial charge in [0.25, 0.3) is 5.91 Å². The van der Waals surface area contributed by atoms with Crippen molar-refractivity contribution in [3.05, 3.63) is 64.3 Å². The lowest BCUT2D eigenvalue weighted by atomic mass is 10.1. The van der Waals surface area contributed by atoms with E-state index in [9.17, 15) is 13.6 Å². The molecule has 0 aliphatic carbocycles. The van der Waals surface area contributed by atoms with Crippen LogP contribution in [-0.4, -0.2) is 52.8 Å². The molecular formula is C23H25ClF2N6O2. The van der Waals surface area contributed by atoms with Crippen molar-refractivity contribution < 1.29 is 18.3 Å². The number of nitrogens with one attached hydrogen (secondary N) is 3. The van der Waals surface area contributed by atoms with Crippen molar-refractivity contribution in [2.24, 2.45) is 5.73 Å². The smallest absolute Gasteiger partial charge is 0.268 e. The molecule has 180 valence electrons. The van der Waals surface area contributed by atoms with Crippen molar-refractivity contribution in [2.75, 3.05) is 25.1 Å². The quantitative estimate of drug-likeness (QED) is 0.402. The van der Waals surface area contributed by atoms with Crippen LogP contribution in [0.25, 0.3) is 11.3 Å². The highest BCUT2D eigenvalue weighted by atomic mass is 35.5. The van der Waals surface area contributed by atoms with E-state index >= 15 is 0 Å². The molecule has 0 saturated carbocycles.